The maximum absolute atomic E-state index is 14.3. The zero-order chi connectivity index (χ0) is 28.9. The third-order valence-corrected chi connectivity index (χ3v) is 9.81. The first kappa shape index (κ1) is 27.8. The summed E-state index contributed by atoms with van der Waals surface area (Å²) in [5, 5.41) is 6.78. The van der Waals surface area contributed by atoms with Gasteiger partial charge < -0.3 is 25.0 Å². The molecule has 3 aliphatic heterocycles. The van der Waals surface area contributed by atoms with Gasteiger partial charge in [-0.05, 0) is 60.2 Å². The SMILES string of the molecule is COc1cccc(CN2C(=O)[C@H]3[C@H](C(=O)Nc4ccc(Cl)cc4)[C@H]4C=C[C@@]3(O4)[C@@H]2C(=O)N[C@@H]2CCC[C@H](C)[C@H]2C)c1. The molecule has 3 heterocycles. The van der Waals surface area contributed by atoms with Gasteiger partial charge in [0.25, 0.3) is 0 Å². The van der Waals surface area contributed by atoms with E-state index in [0.29, 0.717) is 28.3 Å². The largest absolute Gasteiger partial charge is 0.497 e. The van der Waals surface area contributed by atoms with Crippen molar-refractivity contribution >= 4 is 35.0 Å². The highest BCUT2D eigenvalue weighted by Gasteiger charge is 2.72. The van der Waals surface area contributed by atoms with Gasteiger partial charge in [-0.1, -0.05) is 62.6 Å². The molecule has 2 N–H and O–H groups in total. The van der Waals surface area contributed by atoms with E-state index in [1.54, 1.807) is 36.3 Å². The molecule has 2 aromatic rings. The van der Waals surface area contributed by atoms with Crippen LogP contribution in [0, 0.1) is 23.7 Å². The second-order valence-electron chi connectivity index (χ2n) is 11.9. The van der Waals surface area contributed by atoms with Crippen molar-refractivity contribution in [3.05, 3.63) is 71.3 Å². The number of hydrogen-bond donors (Lipinski definition) is 2. The number of fused-ring (bicyclic) bond motifs is 1. The van der Waals surface area contributed by atoms with Crippen molar-refractivity contribution in [1.82, 2.24) is 10.2 Å². The molecule has 8 nitrogen and oxygen atoms in total. The van der Waals surface area contributed by atoms with Crippen LogP contribution in [-0.2, 0) is 25.7 Å². The Labute approximate surface area is 245 Å². The maximum atomic E-state index is 14.3. The molecule has 0 aromatic heterocycles. The summed E-state index contributed by atoms with van der Waals surface area (Å²) in [7, 11) is 1.59. The lowest BCUT2D eigenvalue weighted by atomic mass is 9.73. The standard InChI is InChI=1S/C32H36ClN3O5/c1-18-6-4-9-24(19(18)2)35-30(38)28-32-15-14-25(41-32)26(29(37)34-22-12-10-21(33)11-13-22)27(32)31(39)36(28)17-20-7-5-8-23(16-20)40-3/h5,7-8,10-16,18-19,24-28H,4,6,9,17H2,1-3H3,(H,34,37)(H,35,38)/t18-,19+,24+,25+,26+,27+,28-,32-/m0/s1. The average Bonchev–Trinajstić information content (AvgIpc) is 3.60. The quantitative estimate of drug-likeness (QED) is 0.470. The number of carbonyl (C=O) groups is 3. The Kier molecular flexibility index (Phi) is 7.32. The van der Waals surface area contributed by atoms with Crippen LogP contribution in [0.4, 0.5) is 5.69 Å². The molecule has 41 heavy (non-hydrogen) atoms. The molecule has 2 aromatic carbocycles. The number of methoxy groups -OCH3 is 1. The molecule has 2 bridgehead atoms. The van der Waals surface area contributed by atoms with E-state index in [9.17, 15) is 14.4 Å². The summed E-state index contributed by atoms with van der Waals surface area (Å²) >= 11 is 6.01. The van der Waals surface area contributed by atoms with Gasteiger partial charge >= 0.3 is 0 Å². The van der Waals surface area contributed by atoms with Gasteiger partial charge in [-0.3, -0.25) is 14.4 Å². The minimum absolute atomic E-state index is 0.0158. The number of halogens is 1. The molecule has 0 unspecified atom stereocenters. The molecule has 6 rings (SSSR count). The van der Waals surface area contributed by atoms with E-state index >= 15 is 0 Å². The van der Waals surface area contributed by atoms with Crippen LogP contribution in [0.3, 0.4) is 0 Å². The van der Waals surface area contributed by atoms with Crippen molar-refractivity contribution in [2.75, 3.05) is 12.4 Å². The monoisotopic (exact) mass is 577 g/mol. The fourth-order valence-corrected chi connectivity index (χ4v) is 7.34. The number of amides is 3. The number of nitrogens with zero attached hydrogens (tertiary/aromatic N) is 1. The lowest BCUT2D eigenvalue weighted by Gasteiger charge is -2.38. The van der Waals surface area contributed by atoms with Crippen LogP contribution in [0.15, 0.2) is 60.7 Å². The normalized spacial score (nSPS) is 33.5. The van der Waals surface area contributed by atoms with Crippen LogP contribution in [0.25, 0.3) is 0 Å². The van der Waals surface area contributed by atoms with E-state index in [2.05, 4.69) is 24.5 Å². The Balaban J connectivity index is 1.33. The summed E-state index contributed by atoms with van der Waals surface area (Å²) in [5.74, 6) is -0.942. The summed E-state index contributed by atoms with van der Waals surface area (Å²) in [6, 6.07) is 13.4. The van der Waals surface area contributed by atoms with Crippen LogP contribution >= 0.6 is 11.6 Å². The van der Waals surface area contributed by atoms with Crippen molar-refractivity contribution in [3.63, 3.8) is 0 Å². The second kappa shape index (κ2) is 10.8. The third kappa shape index (κ3) is 4.81. The summed E-state index contributed by atoms with van der Waals surface area (Å²) in [4.78, 5) is 43.7. The second-order valence-corrected chi connectivity index (χ2v) is 12.3. The first-order valence-corrected chi connectivity index (χ1v) is 14.8. The molecule has 1 spiro atoms. The van der Waals surface area contributed by atoms with Crippen LogP contribution in [-0.4, -0.2) is 53.5 Å². The number of hydrogen-bond acceptors (Lipinski definition) is 5. The van der Waals surface area contributed by atoms with Gasteiger partial charge in [0, 0.05) is 23.3 Å². The van der Waals surface area contributed by atoms with Crippen molar-refractivity contribution < 1.29 is 23.9 Å². The smallest absolute Gasteiger partial charge is 0.246 e. The van der Waals surface area contributed by atoms with Gasteiger partial charge in [-0.25, -0.2) is 0 Å². The number of nitrogens with one attached hydrogen (secondary N) is 2. The Hall–Kier alpha value is -3.36. The maximum Gasteiger partial charge on any atom is 0.246 e. The molecule has 9 heteroatoms. The number of likely N-dealkylation sites (tertiary alicyclic amines) is 1. The zero-order valence-corrected chi connectivity index (χ0v) is 24.3. The van der Waals surface area contributed by atoms with E-state index in [4.69, 9.17) is 21.1 Å². The molecular weight excluding hydrogens is 542 g/mol. The molecule has 3 fully saturated rings. The summed E-state index contributed by atoms with van der Waals surface area (Å²) < 4.78 is 11.9. The van der Waals surface area contributed by atoms with Crippen LogP contribution in [0.1, 0.15) is 38.7 Å². The van der Waals surface area contributed by atoms with Crippen LogP contribution in [0.5, 0.6) is 5.75 Å². The number of ether oxygens (including phenoxy) is 2. The lowest BCUT2D eigenvalue weighted by Crippen LogP contribution is -2.57. The van der Waals surface area contributed by atoms with E-state index in [1.807, 2.05) is 36.4 Å². The summed E-state index contributed by atoms with van der Waals surface area (Å²) in [5.41, 5.74) is 0.178. The molecular formula is C32H36ClN3O5. The molecule has 1 aliphatic carbocycles. The van der Waals surface area contributed by atoms with Gasteiger partial charge in [0.1, 0.15) is 17.4 Å². The van der Waals surface area contributed by atoms with Crippen LogP contribution in [0.2, 0.25) is 5.02 Å². The fourth-order valence-electron chi connectivity index (χ4n) is 7.21. The highest BCUT2D eigenvalue weighted by atomic mass is 35.5. The third-order valence-electron chi connectivity index (χ3n) is 9.56. The first-order chi connectivity index (χ1) is 19.7. The van der Waals surface area contributed by atoms with Crippen molar-refractivity contribution in [2.45, 2.75) is 63.4 Å². The minimum atomic E-state index is -1.23. The van der Waals surface area contributed by atoms with E-state index in [-0.39, 0.29) is 30.3 Å². The topological polar surface area (TPSA) is 97.0 Å². The van der Waals surface area contributed by atoms with E-state index < -0.39 is 29.6 Å². The predicted molar refractivity (Wildman–Crippen MR) is 155 cm³/mol. The first-order valence-electron chi connectivity index (χ1n) is 14.4. The summed E-state index contributed by atoms with van der Waals surface area (Å²) in [6.45, 7) is 4.59. The fraction of sp³-hybridized carbons (Fsp3) is 0.469. The Morgan fingerprint density at radius 2 is 1.90 bits per heavy atom. The molecule has 3 amide bonds. The van der Waals surface area contributed by atoms with Gasteiger partial charge in [0.2, 0.25) is 17.7 Å². The van der Waals surface area contributed by atoms with Crippen molar-refractivity contribution in [3.8, 4) is 5.75 Å². The average molecular weight is 578 g/mol. The van der Waals surface area contributed by atoms with Crippen molar-refractivity contribution in [2.24, 2.45) is 23.7 Å². The van der Waals surface area contributed by atoms with Crippen LogP contribution < -0.4 is 15.4 Å². The Bertz CT molecular complexity index is 1380. The van der Waals surface area contributed by atoms with Gasteiger partial charge in [-0.2, -0.15) is 0 Å². The number of anilines is 1. The molecule has 0 radical (unpaired) electrons. The molecule has 8 atom stereocenters. The van der Waals surface area contributed by atoms with Gasteiger partial charge in [-0.15, -0.1) is 0 Å². The minimum Gasteiger partial charge on any atom is -0.497 e. The Morgan fingerprint density at radius 1 is 1.12 bits per heavy atom. The zero-order valence-electron chi connectivity index (χ0n) is 23.5. The predicted octanol–water partition coefficient (Wildman–Crippen LogP) is 4.58. The molecule has 4 aliphatic rings. The van der Waals surface area contributed by atoms with Gasteiger partial charge in [0.15, 0.2) is 0 Å². The van der Waals surface area contributed by atoms with Crippen molar-refractivity contribution in [1.29, 1.82) is 0 Å². The molecule has 2 saturated heterocycles. The summed E-state index contributed by atoms with van der Waals surface area (Å²) in [6.07, 6.45) is 6.16. The number of rotatable bonds is 7. The molecule has 1 saturated carbocycles. The highest BCUT2D eigenvalue weighted by molar-refractivity contribution is 6.30. The number of benzene rings is 2. The molecule has 216 valence electrons. The van der Waals surface area contributed by atoms with Gasteiger partial charge in [0.05, 0.1) is 25.0 Å². The Morgan fingerprint density at radius 3 is 2.66 bits per heavy atom. The lowest BCUT2D eigenvalue weighted by molar-refractivity contribution is -0.142. The highest BCUT2D eigenvalue weighted by Crippen LogP contribution is 2.55. The van der Waals surface area contributed by atoms with E-state index in [0.717, 1.165) is 24.8 Å². The van der Waals surface area contributed by atoms with E-state index in [1.165, 1.54) is 0 Å². The number of carbonyl (C=O) groups excluding carboxylic acids is 3.